The van der Waals surface area contributed by atoms with Gasteiger partial charge >= 0.3 is 0 Å². The van der Waals surface area contributed by atoms with Crippen molar-refractivity contribution in [2.24, 2.45) is 11.8 Å². The van der Waals surface area contributed by atoms with E-state index in [0.717, 1.165) is 13.1 Å². The third-order valence-electron chi connectivity index (χ3n) is 5.59. The van der Waals surface area contributed by atoms with E-state index in [4.69, 9.17) is 15.3 Å². The molecule has 1 aliphatic heterocycles. The minimum atomic E-state index is -3.23. The van der Waals surface area contributed by atoms with E-state index in [1.54, 1.807) is 24.3 Å². The van der Waals surface area contributed by atoms with E-state index in [1.165, 1.54) is 24.5 Å². The maximum absolute atomic E-state index is 11.6. The van der Waals surface area contributed by atoms with Crippen molar-refractivity contribution in [1.29, 1.82) is 10.5 Å². The summed E-state index contributed by atoms with van der Waals surface area (Å²) in [4.78, 5) is 2.41. The first-order valence-electron chi connectivity index (χ1n) is 9.98. The molecule has 1 aliphatic rings. The molecule has 3 rings (SSSR count). The molecule has 2 aromatic carbocycles. The summed E-state index contributed by atoms with van der Waals surface area (Å²) < 4.78 is 29.0. The molecule has 0 aliphatic carbocycles. The van der Waals surface area contributed by atoms with Gasteiger partial charge in [0.1, 0.15) is 5.75 Å². The molecule has 1 heterocycles. The van der Waals surface area contributed by atoms with E-state index in [-0.39, 0.29) is 10.8 Å². The van der Waals surface area contributed by atoms with Gasteiger partial charge in [0.25, 0.3) is 0 Å². The Morgan fingerprint density at radius 1 is 1.13 bits per heavy atom. The maximum atomic E-state index is 11.6. The van der Waals surface area contributed by atoms with Crippen LogP contribution in [-0.4, -0.2) is 50.9 Å². The molecule has 7 nitrogen and oxygen atoms in total. The number of hydrogen-bond donors (Lipinski definition) is 1. The smallest absolute Gasteiger partial charge is 0.175 e. The lowest BCUT2D eigenvalue weighted by atomic mass is 9.99. The summed E-state index contributed by atoms with van der Waals surface area (Å²) in [6.45, 7) is 4.60. The molecule has 1 saturated heterocycles. The number of likely N-dealkylation sites (tertiary alicyclic amines) is 1. The second kappa shape index (κ2) is 9.49. The van der Waals surface area contributed by atoms with Crippen LogP contribution >= 0.6 is 0 Å². The van der Waals surface area contributed by atoms with Crippen LogP contribution < -0.4 is 4.74 Å². The Morgan fingerprint density at radius 2 is 1.74 bits per heavy atom. The highest BCUT2D eigenvalue weighted by Gasteiger charge is 2.31. The van der Waals surface area contributed by atoms with Crippen LogP contribution in [0, 0.1) is 34.5 Å². The van der Waals surface area contributed by atoms with Crippen molar-refractivity contribution in [2.45, 2.75) is 17.9 Å². The quantitative estimate of drug-likeness (QED) is 0.705. The van der Waals surface area contributed by atoms with Gasteiger partial charge in [0, 0.05) is 31.8 Å². The SMILES string of the molecule is CC1CN(CC(O)c2cc(C#N)cc(C#N)c2)CC1COc1ccc(S(C)(=O)=O)cc1. The van der Waals surface area contributed by atoms with Crippen LogP contribution in [0.25, 0.3) is 0 Å². The standard InChI is InChI=1S/C23H25N3O4S/c1-16-12-26(14-23(27)19-8-17(10-24)7-18(9-19)11-25)13-20(16)15-30-21-3-5-22(6-4-21)31(2,28)29/h3-9,16,20,23,27H,12-15H2,1-2H3. The fourth-order valence-corrected chi connectivity index (χ4v) is 4.45. The number of β-amino-alcohol motifs (C(OH)–C–C–N with tert-alkyl or cyclic N) is 1. The monoisotopic (exact) mass is 439 g/mol. The molecular weight excluding hydrogens is 414 g/mol. The van der Waals surface area contributed by atoms with Crippen molar-refractivity contribution in [3.8, 4) is 17.9 Å². The second-order valence-electron chi connectivity index (χ2n) is 8.09. The van der Waals surface area contributed by atoms with Gasteiger partial charge < -0.3 is 9.84 Å². The number of aliphatic hydroxyl groups excluding tert-OH is 1. The molecule has 0 radical (unpaired) electrons. The maximum Gasteiger partial charge on any atom is 0.175 e. The van der Waals surface area contributed by atoms with Crippen molar-refractivity contribution >= 4 is 9.84 Å². The average molecular weight is 440 g/mol. The number of benzene rings is 2. The molecule has 0 amide bonds. The van der Waals surface area contributed by atoms with Gasteiger partial charge in [-0.3, -0.25) is 4.90 Å². The number of nitrogens with zero attached hydrogens (tertiary/aromatic N) is 3. The summed E-state index contributed by atoms with van der Waals surface area (Å²) in [6.07, 6.45) is 0.375. The van der Waals surface area contributed by atoms with Gasteiger partial charge in [-0.2, -0.15) is 10.5 Å². The predicted octanol–water partition coefficient (Wildman–Crippen LogP) is 2.51. The van der Waals surface area contributed by atoms with Gasteiger partial charge in [0.15, 0.2) is 9.84 Å². The summed E-state index contributed by atoms with van der Waals surface area (Å²) in [6, 6.07) is 15.2. The molecule has 0 bridgehead atoms. The van der Waals surface area contributed by atoms with Crippen LogP contribution in [0.15, 0.2) is 47.4 Å². The van der Waals surface area contributed by atoms with E-state index >= 15 is 0 Å². The highest BCUT2D eigenvalue weighted by atomic mass is 32.2. The van der Waals surface area contributed by atoms with Gasteiger partial charge in [-0.1, -0.05) is 6.92 Å². The Bertz CT molecular complexity index is 1080. The third kappa shape index (κ3) is 5.83. The normalized spacial score (nSPS) is 20.0. The molecule has 1 N–H and O–H groups in total. The zero-order chi connectivity index (χ0) is 22.6. The Balaban J connectivity index is 1.57. The molecule has 162 valence electrons. The van der Waals surface area contributed by atoms with Crippen LogP contribution in [0.5, 0.6) is 5.75 Å². The third-order valence-corrected chi connectivity index (χ3v) is 6.72. The number of rotatable bonds is 7. The van der Waals surface area contributed by atoms with Crippen LogP contribution in [0.3, 0.4) is 0 Å². The van der Waals surface area contributed by atoms with Crippen LogP contribution in [0.4, 0.5) is 0 Å². The summed E-state index contributed by atoms with van der Waals surface area (Å²) >= 11 is 0. The van der Waals surface area contributed by atoms with Crippen molar-refractivity contribution in [1.82, 2.24) is 4.90 Å². The second-order valence-corrected chi connectivity index (χ2v) is 10.1. The number of aliphatic hydroxyl groups is 1. The molecule has 3 unspecified atom stereocenters. The van der Waals surface area contributed by atoms with Gasteiger partial charge in [-0.15, -0.1) is 0 Å². The molecule has 8 heteroatoms. The van der Waals surface area contributed by atoms with Gasteiger partial charge in [-0.25, -0.2) is 8.42 Å². The Kier molecular flexibility index (Phi) is 6.97. The van der Waals surface area contributed by atoms with E-state index < -0.39 is 15.9 Å². The van der Waals surface area contributed by atoms with Crippen molar-refractivity contribution in [2.75, 3.05) is 32.5 Å². The van der Waals surface area contributed by atoms with Crippen LogP contribution in [-0.2, 0) is 9.84 Å². The first kappa shape index (κ1) is 22.8. The topological polar surface area (TPSA) is 114 Å². The average Bonchev–Trinajstić information content (AvgIpc) is 3.10. The van der Waals surface area contributed by atoms with Crippen molar-refractivity contribution in [3.05, 3.63) is 59.2 Å². The highest BCUT2D eigenvalue weighted by Crippen LogP contribution is 2.27. The lowest BCUT2D eigenvalue weighted by molar-refractivity contribution is 0.121. The lowest BCUT2D eigenvalue weighted by Gasteiger charge is -2.21. The molecular formula is C23H25N3O4S. The fraction of sp³-hybridized carbons (Fsp3) is 0.391. The first-order valence-corrected chi connectivity index (χ1v) is 11.9. The van der Waals surface area contributed by atoms with Crippen LogP contribution in [0.2, 0.25) is 0 Å². The zero-order valence-electron chi connectivity index (χ0n) is 17.5. The van der Waals surface area contributed by atoms with Gasteiger partial charge in [0.2, 0.25) is 0 Å². The summed E-state index contributed by atoms with van der Waals surface area (Å²) in [7, 11) is -3.23. The fourth-order valence-electron chi connectivity index (χ4n) is 3.82. The highest BCUT2D eigenvalue weighted by molar-refractivity contribution is 7.90. The van der Waals surface area contributed by atoms with E-state index in [2.05, 4.69) is 11.8 Å². The van der Waals surface area contributed by atoms with E-state index in [9.17, 15) is 13.5 Å². The number of hydrogen-bond acceptors (Lipinski definition) is 7. The Hall–Kier alpha value is -2.91. The predicted molar refractivity (Wildman–Crippen MR) is 115 cm³/mol. The van der Waals surface area contributed by atoms with Crippen LogP contribution in [0.1, 0.15) is 29.7 Å². The molecule has 1 fully saturated rings. The minimum absolute atomic E-state index is 0.259. The molecule has 2 aromatic rings. The van der Waals surface area contributed by atoms with E-state index in [1.807, 2.05) is 12.1 Å². The number of ether oxygens (including phenoxy) is 1. The van der Waals surface area contributed by atoms with E-state index in [0.29, 0.717) is 41.5 Å². The Labute approximate surface area is 183 Å². The van der Waals surface area contributed by atoms with Gasteiger partial charge in [-0.05, 0) is 53.9 Å². The Morgan fingerprint density at radius 3 is 2.29 bits per heavy atom. The largest absolute Gasteiger partial charge is 0.493 e. The van der Waals surface area contributed by atoms with Gasteiger partial charge in [0.05, 0.1) is 40.9 Å². The molecule has 31 heavy (non-hydrogen) atoms. The molecule has 0 saturated carbocycles. The molecule has 0 spiro atoms. The minimum Gasteiger partial charge on any atom is -0.493 e. The molecule has 3 atom stereocenters. The zero-order valence-corrected chi connectivity index (χ0v) is 18.3. The number of sulfone groups is 1. The number of nitriles is 2. The lowest BCUT2D eigenvalue weighted by Crippen LogP contribution is -2.27. The first-order chi connectivity index (χ1) is 14.7. The van der Waals surface area contributed by atoms with Crippen molar-refractivity contribution in [3.63, 3.8) is 0 Å². The molecule has 0 aromatic heterocycles. The summed E-state index contributed by atoms with van der Waals surface area (Å²) in [5, 5.41) is 28.9. The summed E-state index contributed by atoms with van der Waals surface area (Å²) in [5.41, 5.74) is 1.28. The van der Waals surface area contributed by atoms with Crippen molar-refractivity contribution < 1.29 is 18.3 Å². The summed E-state index contributed by atoms with van der Waals surface area (Å²) in [5.74, 6) is 1.25.